The van der Waals surface area contributed by atoms with Gasteiger partial charge in [-0.2, -0.15) is 0 Å². The Hall–Kier alpha value is -1.18. The van der Waals surface area contributed by atoms with Gasteiger partial charge in [0, 0.05) is 24.5 Å². The fourth-order valence-corrected chi connectivity index (χ4v) is 2.06. The summed E-state index contributed by atoms with van der Waals surface area (Å²) < 4.78 is 2.01. The number of Topliss-reactive ketones (excluding diaryl/α,β-unsaturated/α-hetero) is 1. The van der Waals surface area contributed by atoms with Crippen molar-refractivity contribution in [1.29, 1.82) is 0 Å². The highest BCUT2D eigenvalue weighted by atomic mass is 16.1. The minimum Gasteiger partial charge on any atom is -0.299 e. The van der Waals surface area contributed by atoms with Crippen LogP contribution in [-0.4, -0.2) is 5.78 Å². The molecule has 74 valence electrons. The number of aromatic nitrogens is 1. The minimum atomic E-state index is 0.294. The van der Waals surface area contributed by atoms with Crippen molar-refractivity contribution < 1.29 is 9.36 Å². The van der Waals surface area contributed by atoms with Crippen molar-refractivity contribution in [1.82, 2.24) is 0 Å². The maximum atomic E-state index is 11.4. The molecule has 1 aliphatic carbocycles. The van der Waals surface area contributed by atoms with Crippen LogP contribution >= 0.6 is 0 Å². The van der Waals surface area contributed by atoms with Crippen LogP contribution in [0.3, 0.4) is 0 Å². The summed E-state index contributed by atoms with van der Waals surface area (Å²) in [5.41, 5.74) is 1.28. The van der Waals surface area contributed by atoms with Crippen molar-refractivity contribution in [3.8, 4) is 0 Å². The zero-order valence-electron chi connectivity index (χ0n) is 8.57. The van der Waals surface area contributed by atoms with Gasteiger partial charge in [-0.05, 0) is 24.8 Å². The molecule has 1 aromatic heterocycles. The van der Waals surface area contributed by atoms with Crippen LogP contribution in [0.4, 0.5) is 0 Å². The van der Waals surface area contributed by atoms with E-state index in [0.29, 0.717) is 11.7 Å². The molecule has 14 heavy (non-hydrogen) atoms. The van der Waals surface area contributed by atoms with Gasteiger partial charge in [0.15, 0.2) is 12.4 Å². The average Bonchev–Trinajstić information content (AvgIpc) is 2.56. The van der Waals surface area contributed by atoms with Crippen LogP contribution in [0, 0.1) is 5.92 Å². The molecule has 0 bridgehead atoms. The average molecular weight is 190 g/mol. The van der Waals surface area contributed by atoms with Crippen LogP contribution in [0.5, 0.6) is 0 Å². The van der Waals surface area contributed by atoms with Gasteiger partial charge in [-0.25, -0.2) is 4.57 Å². The molecule has 1 aromatic rings. The Balaban J connectivity index is 2.03. The SMILES string of the molecule is C[n+]1ccc(CC2CCCC2=O)cc1. The smallest absolute Gasteiger partial charge is 0.168 e. The molecule has 0 aromatic carbocycles. The largest absolute Gasteiger partial charge is 0.299 e. The van der Waals surface area contributed by atoms with E-state index < -0.39 is 0 Å². The maximum Gasteiger partial charge on any atom is 0.168 e. The van der Waals surface area contributed by atoms with E-state index in [2.05, 4.69) is 12.1 Å². The van der Waals surface area contributed by atoms with Gasteiger partial charge in [0.25, 0.3) is 0 Å². The standard InChI is InChI=1S/C12H16NO/c1-13-7-5-10(6-8-13)9-11-3-2-4-12(11)14/h5-8,11H,2-4,9H2,1H3/q+1. The molecule has 1 aliphatic rings. The number of aryl methyl sites for hydroxylation is 1. The number of hydrogen-bond donors (Lipinski definition) is 0. The monoisotopic (exact) mass is 190 g/mol. The topological polar surface area (TPSA) is 20.9 Å². The van der Waals surface area contributed by atoms with Gasteiger partial charge >= 0.3 is 0 Å². The molecule has 2 rings (SSSR count). The van der Waals surface area contributed by atoms with Crippen LogP contribution in [0.25, 0.3) is 0 Å². The molecule has 0 N–H and O–H groups in total. The second-order valence-electron chi connectivity index (χ2n) is 4.13. The first-order valence-electron chi connectivity index (χ1n) is 5.22. The second kappa shape index (κ2) is 3.91. The number of nitrogens with zero attached hydrogens (tertiary/aromatic N) is 1. The molecule has 1 atom stereocenters. The predicted octanol–water partition coefficient (Wildman–Crippen LogP) is 1.42. The fraction of sp³-hybridized carbons (Fsp3) is 0.500. The van der Waals surface area contributed by atoms with Gasteiger partial charge in [0.1, 0.15) is 12.8 Å². The Labute approximate surface area is 84.6 Å². The number of carbonyl (C=O) groups is 1. The molecule has 0 saturated heterocycles. The van der Waals surface area contributed by atoms with Gasteiger partial charge in [-0.3, -0.25) is 4.79 Å². The highest BCUT2D eigenvalue weighted by molar-refractivity contribution is 5.83. The van der Waals surface area contributed by atoms with Crippen molar-refractivity contribution in [3.05, 3.63) is 30.1 Å². The molecular formula is C12H16NO+. The Bertz CT molecular complexity index is 329. The van der Waals surface area contributed by atoms with Crippen LogP contribution < -0.4 is 4.57 Å². The Morgan fingerprint density at radius 1 is 1.43 bits per heavy atom. The number of hydrogen-bond acceptors (Lipinski definition) is 1. The predicted molar refractivity (Wildman–Crippen MR) is 53.7 cm³/mol. The third-order valence-electron chi connectivity index (χ3n) is 2.96. The molecule has 1 unspecified atom stereocenters. The van der Waals surface area contributed by atoms with Gasteiger partial charge in [0.05, 0.1) is 0 Å². The van der Waals surface area contributed by atoms with E-state index in [1.165, 1.54) is 5.56 Å². The van der Waals surface area contributed by atoms with E-state index in [1.807, 2.05) is 24.0 Å². The van der Waals surface area contributed by atoms with E-state index in [1.54, 1.807) is 0 Å². The van der Waals surface area contributed by atoms with Crippen molar-refractivity contribution >= 4 is 5.78 Å². The zero-order chi connectivity index (χ0) is 9.97. The van der Waals surface area contributed by atoms with Crippen LogP contribution in [0.2, 0.25) is 0 Å². The summed E-state index contributed by atoms with van der Waals surface area (Å²) in [5, 5.41) is 0. The van der Waals surface area contributed by atoms with Crippen LogP contribution in [0.15, 0.2) is 24.5 Å². The minimum absolute atomic E-state index is 0.294. The molecule has 2 nitrogen and oxygen atoms in total. The Morgan fingerprint density at radius 2 is 2.14 bits per heavy atom. The van der Waals surface area contributed by atoms with E-state index in [9.17, 15) is 4.79 Å². The molecule has 1 saturated carbocycles. The van der Waals surface area contributed by atoms with Crippen LogP contribution in [0.1, 0.15) is 24.8 Å². The lowest BCUT2D eigenvalue weighted by Crippen LogP contribution is -2.26. The van der Waals surface area contributed by atoms with Crippen molar-refractivity contribution in [3.63, 3.8) is 0 Å². The molecular weight excluding hydrogens is 174 g/mol. The van der Waals surface area contributed by atoms with E-state index in [-0.39, 0.29) is 0 Å². The zero-order valence-corrected chi connectivity index (χ0v) is 8.57. The molecule has 0 radical (unpaired) electrons. The number of pyridine rings is 1. The Morgan fingerprint density at radius 3 is 2.71 bits per heavy atom. The van der Waals surface area contributed by atoms with Gasteiger partial charge in [0.2, 0.25) is 0 Å². The summed E-state index contributed by atoms with van der Waals surface area (Å²) in [6.07, 6.45) is 7.97. The summed E-state index contributed by atoms with van der Waals surface area (Å²) in [6, 6.07) is 4.21. The van der Waals surface area contributed by atoms with Gasteiger partial charge < -0.3 is 0 Å². The lowest BCUT2D eigenvalue weighted by atomic mass is 9.98. The van der Waals surface area contributed by atoms with E-state index in [4.69, 9.17) is 0 Å². The molecule has 0 aliphatic heterocycles. The maximum absolute atomic E-state index is 11.4. The van der Waals surface area contributed by atoms with Gasteiger partial charge in [-0.1, -0.05) is 0 Å². The molecule has 2 heteroatoms. The molecule has 0 spiro atoms. The third kappa shape index (κ3) is 2.00. The van der Waals surface area contributed by atoms with Crippen molar-refractivity contribution in [2.24, 2.45) is 13.0 Å². The number of ketones is 1. The molecule has 1 heterocycles. The number of carbonyl (C=O) groups excluding carboxylic acids is 1. The summed E-state index contributed by atoms with van der Waals surface area (Å²) in [4.78, 5) is 11.4. The van der Waals surface area contributed by atoms with Crippen molar-refractivity contribution in [2.75, 3.05) is 0 Å². The highest BCUT2D eigenvalue weighted by Crippen LogP contribution is 2.24. The van der Waals surface area contributed by atoms with Gasteiger partial charge in [-0.15, -0.1) is 0 Å². The summed E-state index contributed by atoms with van der Waals surface area (Å²) in [7, 11) is 2.00. The first-order chi connectivity index (χ1) is 6.75. The third-order valence-corrected chi connectivity index (χ3v) is 2.96. The van der Waals surface area contributed by atoms with Crippen LogP contribution in [-0.2, 0) is 18.3 Å². The lowest BCUT2D eigenvalue weighted by Gasteiger charge is -2.06. The highest BCUT2D eigenvalue weighted by Gasteiger charge is 2.24. The lowest BCUT2D eigenvalue weighted by molar-refractivity contribution is -0.671. The first-order valence-corrected chi connectivity index (χ1v) is 5.22. The fourth-order valence-electron chi connectivity index (χ4n) is 2.06. The molecule has 1 fully saturated rings. The number of rotatable bonds is 2. The summed E-state index contributed by atoms with van der Waals surface area (Å²) >= 11 is 0. The second-order valence-corrected chi connectivity index (χ2v) is 4.13. The first kappa shape index (κ1) is 9.38. The Kier molecular flexibility index (Phi) is 2.62. The molecule has 0 amide bonds. The van der Waals surface area contributed by atoms with E-state index >= 15 is 0 Å². The quantitative estimate of drug-likeness (QED) is 0.646. The normalized spacial score (nSPS) is 21.5. The van der Waals surface area contributed by atoms with E-state index in [0.717, 1.165) is 25.7 Å². The summed E-state index contributed by atoms with van der Waals surface area (Å²) in [6.45, 7) is 0. The van der Waals surface area contributed by atoms with Crippen molar-refractivity contribution in [2.45, 2.75) is 25.7 Å². The summed E-state index contributed by atoms with van der Waals surface area (Å²) in [5.74, 6) is 0.751.